The third-order valence-corrected chi connectivity index (χ3v) is 1.43. The molecular weight excluding hydrogens is 146 g/mol. The van der Waals surface area contributed by atoms with Crippen molar-refractivity contribution >= 4 is 11.6 Å². The lowest BCUT2D eigenvalue weighted by Gasteiger charge is -2.17. The van der Waals surface area contributed by atoms with Gasteiger partial charge in [0, 0.05) is 24.3 Å². The van der Waals surface area contributed by atoms with E-state index >= 15 is 0 Å². The van der Waals surface area contributed by atoms with Gasteiger partial charge in [-0.15, -0.1) is 0 Å². The number of allylic oxidation sites excluding steroid dienone is 2. The van der Waals surface area contributed by atoms with E-state index in [4.69, 9.17) is 11.6 Å². The van der Waals surface area contributed by atoms with E-state index in [0.717, 1.165) is 0 Å². The van der Waals surface area contributed by atoms with Gasteiger partial charge in [-0.25, -0.2) is 0 Å². The third-order valence-electron chi connectivity index (χ3n) is 1.31. The molecule has 0 aliphatic rings. The fraction of sp³-hybridized carbons (Fsp3) is 0.500. The van der Waals surface area contributed by atoms with Crippen LogP contribution in [-0.4, -0.2) is 18.0 Å². The molecule has 0 saturated heterocycles. The summed E-state index contributed by atoms with van der Waals surface area (Å²) in [7, 11) is 2.00. The van der Waals surface area contributed by atoms with Gasteiger partial charge in [0.1, 0.15) is 0 Å². The second-order valence-corrected chi connectivity index (χ2v) is 3.01. The summed E-state index contributed by atoms with van der Waals surface area (Å²) >= 11 is 5.52. The standard InChI is InChI=1S/C8H14ClN/c1-7(2)10(4)6-5-8(3)9/h5-7H,3H2,1-2,4H3/b6-5-. The molecule has 0 aromatic heterocycles. The fourth-order valence-corrected chi connectivity index (χ4v) is 0.427. The van der Waals surface area contributed by atoms with E-state index < -0.39 is 0 Å². The predicted octanol–water partition coefficient (Wildman–Crippen LogP) is 2.59. The smallest absolute Gasteiger partial charge is 0.0348 e. The van der Waals surface area contributed by atoms with Crippen molar-refractivity contribution in [1.29, 1.82) is 0 Å². The van der Waals surface area contributed by atoms with Gasteiger partial charge in [0.2, 0.25) is 0 Å². The Morgan fingerprint density at radius 3 is 2.40 bits per heavy atom. The minimum atomic E-state index is 0.507. The molecule has 0 bridgehead atoms. The van der Waals surface area contributed by atoms with E-state index in [2.05, 4.69) is 25.3 Å². The SMILES string of the molecule is C=C(Cl)/C=C\N(C)C(C)C. The monoisotopic (exact) mass is 159 g/mol. The molecule has 0 heterocycles. The van der Waals surface area contributed by atoms with Gasteiger partial charge in [0.05, 0.1) is 0 Å². The van der Waals surface area contributed by atoms with Crippen molar-refractivity contribution in [3.05, 3.63) is 23.9 Å². The molecule has 0 atom stereocenters. The van der Waals surface area contributed by atoms with Gasteiger partial charge in [-0.05, 0) is 19.9 Å². The quantitative estimate of drug-likeness (QED) is 0.573. The van der Waals surface area contributed by atoms with Crippen LogP contribution in [0.2, 0.25) is 0 Å². The molecule has 0 radical (unpaired) electrons. The highest BCUT2D eigenvalue weighted by Crippen LogP contribution is 2.01. The molecule has 0 aromatic carbocycles. The zero-order valence-corrected chi connectivity index (χ0v) is 7.52. The lowest BCUT2D eigenvalue weighted by molar-refractivity contribution is 0.376. The van der Waals surface area contributed by atoms with Gasteiger partial charge in [0.25, 0.3) is 0 Å². The Morgan fingerprint density at radius 2 is 2.10 bits per heavy atom. The zero-order valence-electron chi connectivity index (χ0n) is 6.76. The average molecular weight is 160 g/mol. The van der Waals surface area contributed by atoms with Gasteiger partial charge < -0.3 is 4.90 Å². The Labute approximate surface area is 68.0 Å². The average Bonchev–Trinajstić information content (AvgIpc) is 1.82. The van der Waals surface area contributed by atoms with E-state index in [-0.39, 0.29) is 0 Å². The van der Waals surface area contributed by atoms with Crippen LogP contribution in [0.5, 0.6) is 0 Å². The van der Waals surface area contributed by atoms with Gasteiger partial charge >= 0.3 is 0 Å². The van der Waals surface area contributed by atoms with E-state index in [1.807, 2.05) is 13.2 Å². The summed E-state index contributed by atoms with van der Waals surface area (Å²) in [6.07, 6.45) is 3.70. The normalized spacial score (nSPS) is 10.9. The maximum atomic E-state index is 5.52. The van der Waals surface area contributed by atoms with Crippen molar-refractivity contribution in [3.63, 3.8) is 0 Å². The van der Waals surface area contributed by atoms with Gasteiger partial charge in [0.15, 0.2) is 0 Å². The molecule has 0 amide bonds. The summed E-state index contributed by atoms with van der Waals surface area (Å²) in [4.78, 5) is 2.06. The molecule has 10 heavy (non-hydrogen) atoms. The first-order valence-corrected chi connectivity index (χ1v) is 3.66. The van der Waals surface area contributed by atoms with Gasteiger partial charge in [-0.3, -0.25) is 0 Å². The molecule has 2 heteroatoms. The summed E-state index contributed by atoms with van der Waals surface area (Å²) in [5.74, 6) is 0. The number of halogens is 1. The third kappa shape index (κ3) is 4.45. The highest BCUT2D eigenvalue weighted by atomic mass is 35.5. The highest BCUT2D eigenvalue weighted by Gasteiger charge is 1.94. The zero-order chi connectivity index (χ0) is 8.15. The molecule has 0 aliphatic carbocycles. The second-order valence-electron chi connectivity index (χ2n) is 2.52. The molecule has 0 spiro atoms. The summed E-state index contributed by atoms with van der Waals surface area (Å²) in [6, 6.07) is 0.507. The second kappa shape index (κ2) is 4.40. The van der Waals surface area contributed by atoms with Crippen LogP contribution in [0.4, 0.5) is 0 Å². The Morgan fingerprint density at radius 1 is 1.60 bits per heavy atom. The van der Waals surface area contributed by atoms with Crippen LogP contribution in [0.3, 0.4) is 0 Å². The summed E-state index contributed by atoms with van der Waals surface area (Å²) in [5.41, 5.74) is 0. The summed E-state index contributed by atoms with van der Waals surface area (Å²) in [6.45, 7) is 7.76. The minimum Gasteiger partial charge on any atom is -0.378 e. The number of hydrogen-bond donors (Lipinski definition) is 0. The molecule has 58 valence electrons. The molecule has 0 aliphatic heterocycles. The molecule has 0 unspecified atom stereocenters. The molecular formula is C8H14ClN. The van der Waals surface area contributed by atoms with Crippen LogP contribution >= 0.6 is 11.6 Å². The fourth-order valence-electron chi connectivity index (χ4n) is 0.371. The van der Waals surface area contributed by atoms with E-state index in [9.17, 15) is 0 Å². The van der Waals surface area contributed by atoms with E-state index in [1.165, 1.54) is 0 Å². The van der Waals surface area contributed by atoms with Crippen LogP contribution in [0.15, 0.2) is 23.9 Å². The lowest BCUT2D eigenvalue weighted by Crippen LogP contribution is -2.19. The van der Waals surface area contributed by atoms with Crippen LogP contribution < -0.4 is 0 Å². The van der Waals surface area contributed by atoms with Crippen molar-refractivity contribution in [2.24, 2.45) is 0 Å². The van der Waals surface area contributed by atoms with Crippen molar-refractivity contribution in [2.75, 3.05) is 7.05 Å². The molecule has 0 saturated carbocycles. The van der Waals surface area contributed by atoms with Crippen LogP contribution in [-0.2, 0) is 0 Å². The van der Waals surface area contributed by atoms with Gasteiger partial charge in [-0.2, -0.15) is 0 Å². The summed E-state index contributed by atoms with van der Waals surface area (Å²) in [5, 5.41) is 0.563. The van der Waals surface area contributed by atoms with Crippen molar-refractivity contribution in [3.8, 4) is 0 Å². The molecule has 0 N–H and O–H groups in total. The van der Waals surface area contributed by atoms with Crippen molar-refractivity contribution in [2.45, 2.75) is 19.9 Å². The molecule has 0 fully saturated rings. The predicted molar refractivity (Wildman–Crippen MR) is 47.0 cm³/mol. The van der Waals surface area contributed by atoms with Crippen LogP contribution in [0.1, 0.15) is 13.8 Å². The Kier molecular flexibility index (Phi) is 4.21. The maximum Gasteiger partial charge on any atom is 0.0348 e. The highest BCUT2D eigenvalue weighted by molar-refractivity contribution is 6.30. The topological polar surface area (TPSA) is 3.24 Å². The largest absolute Gasteiger partial charge is 0.378 e. The maximum absolute atomic E-state index is 5.52. The Bertz CT molecular complexity index is 138. The number of rotatable bonds is 3. The van der Waals surface area contributed by atoms with Crippen LogP contribution in [0, 0.1) is 0 Å². The van der Waals surface area contributed by atoms with E-state index in [1.54, 1.807) is 6.08 Å². The van der Waals surface area contributed by atoms with Crippen LogP contribution in [0.25, 0.3) is 0 Å². The molecule has 1 nitrogen and oxygen atoms in total. The minimum absolute atomic E-state index is 0.507. The number of nitrogens with zero attached hydrogens (tertiary/aromatic N) is 1. The van der Waals surface area contributed by atoms with Crippen molar-refractivity contribution in [1.82, 2.24) is 4.90 Å². The Balaban J connectivity index is 3.77. The first kappa shape index (κ1) is 9.57. The molecule has 0 aromatic rings. The van der Waals surface area contributed by atoms with Crippen molar-refractivity contribution < 1.29 is 0 Å². The van der Waals surface area contributed by atoms with E-state index in [0.29, 0.717) is 11.1 Å². The molecule has 0 rings (SSSR count). The lowest BCUT2D eigenvalue weighted by atomic mass is 10.3. The number of hydrogen-bond acceptors (Lipinski definition) is 1. The first-order chi connectivity index (χ1) is 4.54. The first-order valence-electron chi connectivity index (χ1n) is 3.28. The Hall–Kier alpha value is -0.430. The van der Waals surface area contributed by atoms with Gasteiger partial charge in [-0.1, -0.05) is 18.2 Å². The summed E-state index contributed by atoms with van der Waals surface area (Å²) < 4.78 is 0.